The molecule has 2 rings (SSSR count). The molecule has 0 unspecified atom stereocenters. The highest BCUT2D eigenvalue weighted by atomic mass is 79.9. The van der Waals surface area contributed by atoms with Crippen molar-refractivity contribution in [3.63, 3.8) is 0 Å². The van der Waals surface area contributed by atoms with Gasteiger partial charge in [0.1, 0.15) is 6.04 Å². The van der Waals surface area contributed by atoms with E-state index in [1.54, 1.807) is 12.4 Å². The van der Waals surface area contributed by atoms with E-state index in [0.29, 0.717) is 0 Å². The van der Waals surface area contributed by atoms with Gasteiger partial charge in [0.25, 0.3) is 0 Å². The number of hydrogen-bond acceptors (Lipinski definition) is 3. The molecule has 1 N–H and O–H groups in total. The number of halogens is 1. The van der Waals surface area contributed by atoms with Crippen molar-refractivity contribution in [1.82, 2.24) is 4.98 Å². The summed E-state index contributed by atoms with van der Waals surface area (Å²) in [4.78, 5) is 4.06. The Kier molecular flexibility index (Phi) is 3.96. The average Bonchev–Trinajstić information content (AvgIpc) is 2.36. The third kappa shape index (κ3) is 3.08. The van der Waals surface area contributed by atoms with Gasteiger partial charge in [-0.15, -0.1) is 0 Å². The van der Waals surface area contributed by atoms with E-state index in [2.05, 4.69) is 32.3 Å². The van der Waals surface area contributed by atoms with Crippen LogP contribution in [-0.2, 0) is 0 Å². The molecule has 1 atom stereocenters. The molecular formula is C14H12BrN3. The fourth-order valence-corrected chi connectivity index (χ4v) is 2.06. The SMILES string of the molecule is Cc1cccc([C@H](C#N)Nc2cncc(Br)c2)c1. The molecule has 0 saturated carbocycles. The van der Waals surface area contributed by atoms with Crippen molar-refractivity contribution in [2.24, 2.45) is 0 Å². The third-order valence-corrected chi connectivity index (χ3v) is 2.95. The maximum atomic E-state index is 9.26. The Morgan fingerprint density at radius 1 is 1.33 bits per heavy atom. The minimum Gasteiger partial charge on any atom is -0.365 e. The second-order valence-corrected chi connectivity index (χ2v) is 4.93. The number of hydrogen-bond donors (Lipinski definition) is 1. The predicted molar refractivity (Wildman–Crippen MR) is 75.1 cm³/mol. The number of rotatable bonds is 3. The molecule has 0 amide bonds. The zero-order chi connectivity index (χ0) is 13.0. The van der Waals surface area contributed by atoms with Crippen LogP contribution in [0.5, 0.6) is 0 Å². The first-order valence-electron chi connectivity index (χ1n) is 5.52. The van der Waals surface area contributed by atoms with E-state index in [0.717, 1.165) is 21.3 Å². The molecule has 3 nitrogen and oxygen atoms in total. The Hall–Kier alpha value is -1.86. The molecule has 1 heterocycles. The summed E-state index contributed by atoms with van der Waals surface area (Å²) >= 11 is 3.36. The number of aryl methyl sites for hydroxylation is 1. The van der Waals surface area contributed by atoms with Crippen molar-refractivity contribution in [3.8, 4) is 6.07 Å². The van der Waals surface area contributed by atoms with E-state index < -0.39 is 0 Å². The summed E-state index contributed by atoms with van der Waals surface area (Å²) in [6.45, 7) is 2.01. The highest BCUT2D eigenvalue weighted by Crippen LogP contribution is 2.21. The Morgan fingerprint density at radius 3 is 2.83 bits per heavy atom. The van der Waals surface area contributed by atoms with Crippen LogP contribution in [0.25, 0.3) is 0 Å². The van der Waals surface area contributed by atoms with Crippen LogP contribution < -0.4 is 5.32 Å². The number of pyridine rings is 1. The van der Waals surface area contributed by atoms with Gasteiger partial charge in [0.2, 0.25) is 0 Å². The lowest BCUT2D eigenvalue weighted by Gasteiger charge is -2.13. The van der Waals surface area contributed by atoms with Crippen LogP contribution in [0.3, 0.4) is 0 Å². The van der Waals surface area contributed by atoms with Crippen molar-refractivity contribution in [2.45, 2.75) is 13.0 Å². The normalized spacial score (nSPS) is 11.6. The Balaban J connectivity index is 2.23. The first kappa shape index (κ1) is 12.6. The second-order valence-electron chi connectivity index (χ2n) is 4.01. The molecule has 0 radical (unpaired) electrons. The topological polar surface area (TPSA) is 48.7 Å². The maximum Gasteiger partial charge on any atom is 0.140 e. The molecule has 18 heavy (non-hydrogen) atoms. The van der Waals surface area contributed by atoms with Gasteiger partial charge in [-0.05, 0) is 34.5 Å². The lowest BCUT2D eigenvalue weighted by molar-refractivity contribution is 0.990. The molecule has 1 aromatic carbocycles. The van der Waals surface area contributed by atoms with Gasteiger partial charge in [-0.2, -0.15) is 5.26 Å². The van der Waals surface area contributed by atoms with E-state index in [-0.39, 0.29) is 6.04 Å². The van der Waals surface area contributed by atoms with Crippen LogP contribution in [0, 0.1) is 18.3 Å². The molecule has 0 saturated heterocycles. The van der Waals surface area contributed by atoms with E-state index in [1.807, 2.05) is 37.3 Å². The lowest BCUT2D eigenvalue weighted by Crippen LogP contribution is -2.08. The zero-order valence-corrected chi connectivity index (χ0v) is 11.5. The number of benzene rings is 1. The quantitative estimate of drug-likeness (QED) is 0.937. The van der Waals surface area contributed by atoms with Crippen LogP contribution in [-0.4, -0.2) is 4.98 Å². The van der Waals surface area contributed by atoms with Gasteiger partial charge in [0, 0.05) is 10.7 Å². The number of aromatic nitrogens is 1. The molecule has 4 heteroatoms. The predicted octanol–water partition coefficient (Wildman–Crippen LogP) is 3.83. The van der Waals surface area contributed by atoms with E-state index in [4.69, 9.17) is 0 Å². The molecule has 2 aromatic rings. The van der Waals surface area contributed by atoms with Crippen LogP contribution in [0.15, 0.2) is 47.2 Å². The minimum absolute atomic E-state index is 0.374. The molecule has 0 fully saturated rings. The summed E-state index contributed by atoms with van der Waals surface area (Å²) in [6, 6.07) is 11.7. The smallest absolute Gasteiger partial charge is 0.140 e. The van der Waals surface area contributed by atoms with Gasteiger partial charge in [-0.3, -0.25) is 4.98 Å². The molecule has 0 aliphatic heterocycles. The number of nitrogens with one attached hydrogen (secondary N) is 1. The Bertz CT molecular complexity index is 590. The van der Waals surface area contributed by atoms with Crippen molar-refractivity contribution in [2.75, 3.05) is 5.32 Å². The second kappa shape index (κ2) is 5.65. The van der Waals surface area contributed by atoms with Crippen LogP contribution >= 0.6 is 15.9 Å². The molecular weight excluding hydrogens is 290 g/mol. The highest BCUT2D eigenvalue weighted by molar-refractivity contribution is 9.10. The summed E-state index contributed by atoms with van der Waals surface area (Å²) in [6.07, 6.45) is 3.41. The average molecular weight is 302 g/mol. The maximum absolute atomic E-state index is 9.26. The van der Waals surface area contributed by atoms with Gasteiger partial charge in [0.05, 0.1) is 18.0 Å². The summed E-state index contributed by atoms with van der Waals surface area (Å²) < 4.78 is 0.883. The summed E-state index contributed by atoms with van der Waals surface area (Å²) in [5.74, 6) is 0. The molecule has 0 aliphatic rings. The molecule has 1 aromatic heterocycles. The minimum atomic E-state index is -0.374. The summed E-state index contributed by atoms with van der Waals surface area (Å²) in [5, 5.41) is 12.4. The fraction of sp³-hybridized carbons (Fsp3) is 0.143. The number of nitrogens with zero attached hydrogens (tertiary/aromatic N) is 2. The van der Waals surface area contributed by atoms with Crippen LogP contribution in [0.4, 0.5) is 5.69 Å². The van der Waals surface area contributed by atoms with Crippen molar-refractivity contribution in [3.05, 3.63) is 58.3 Å². The highest BCUT2D eigenvalue weighted by Gasteiger charge is 2.10. The van der Waals surface area contributed by atoms with Crippen LogP contribution in [0.1, 0.15) is 17.2 Å². The van der Waals surface area contributed by atoms with E-state index >= 15 is 0 Å². The Morgan fingerprint density at radius 2 is 2.17 bits per heavy atom. The fourth-order valence-electron chi connectivity index (χ4n) is 1.70. The third-order valence-electron chi connectivity index (χ3n) is 2.52. The van der Waals surface area contributed by atoms with Crippen LogP contribution in [0.2, 0.25) is 0 Å². The molecule has 0 bridgehead atoms. The molecule has 0 spiro atoms. The first-order chi connectivity index (χ1) is 8.69. The van der Waals surface area contributed by atoms with Gasteiger partial charge < -0.3 is 5.32 Å². The van der Waals surface area contributed by atoms with Crippen molar-refractivity contribution < 1.29 is 0 Å². The first-order valence-corrected chi connectivity index (χ1v) is 6.31. The van der Waals surface area contributed by atoms with Gasteiger partial charge >= 0.3 is 0 Å². The monoisotopic (exact) mass is 301 g/mol. The zero-order valence-electron chi connectivity index (χ0n) is 9.89. The van der Waals surface area contributed by atoms with Crippen molar-refractivity contribution in [1.29, 1.82) is 5.26 Å². The number of anilines is 1. The summed E-state index contributed by atoms with van der Waals surface area (Å²) in [5.41, 5.74) is 2.91. The largest absolute Gasteiger partial charge is 0.365 e. The van der Waals surface area contributed by atoms with Gasteiger partial charge in [-0.1, -0.05) is 29.8 Å². The standard InChI is InChI=1S/C14H12BrN3/c1-10-3-2-4-11(5-10)14(7-16)18-13-6-12(15)8-17-9-13/h2-6,8-9,14,18H,1H3/t14-/m0/s1. The van der Waals surface area contributed by atoms with E-state index in [9.17, 15) is 5.26 Å². The van der Waals surface area contributed by atoms with Crippen molar-refractivity contribution >= 4 is 21.6 Å². The Labute approximate surface area is 115 Å². The van der Waals surface area contributed by atoms with Gasteiger partial charge in [0.15, 0.2) is 0 Å². The molecule has 90 valence electrons. The van der Waals surface area contributed by atoms with E-state index in [1.165, 1.54) is 0 Å². The number of nitriles is 1. The molecule has 0 aliphatic carbocycles. The van der Waals surface area contributed by atoms with Gasteiger partial charge in [-0.25, -0.2) is 0 Å². The lowest BCUT2D eigenvalue weighted by atomic mass is 10.1. The summed E-state index contributed by atoms with van der Waals surface area (Å²) in [7, 11) is 0.